The van der Waals surface area contributed by atoms with Crippen LogP contribution in [0, 0.1) is 5.82 Å². The molecule has 2 unspecified atom stereocenters. The predicted octanol–water partition coefficient (Wildman–Crippen LogP) is 4.36. The SMILES string of the molecule is CC(C)(Oc1ccc(Cl)c(F)c1)C(=O)NC1CC2CCC(C1)N2c1ccc(S(C)(=O)=O)cc1. The first kappa shape index (κ1) is 23.8. The van der Waals surface area contributed by atoms with Crippen LogP contribution in [0.25, 0.3) is 0 Å². The average Bonchev–Trinajstić information content (AvgIpc) is 3.00. The van der Waals surface area contributed by atoms with Gasteiger partial charge in [-0.05, 0) is 75.9 Å². The van der Waals surface area contributed by atoms with Crippen LogP contribution in [0.15, 0.2) is 47.4 Å². The zero-order chi connectivity index (χ0) is 24.0. The highest BCUT2D eigenvalue weighted by Crippen LogP contribution is 2.39. The largest absolute Gasteiger partial charge is 0.478 e. The Balaban J connectivity index is 1.40. The summed E-state index contributed by atoms with van der Waals surface area (Å²) < 4.78 is 43.0. The summed E-state index contributed by atoms with van der Waals surface area (Å²) in [5, 5.41) is 3.12. The molecule has 2 aliphatic rings. The van der Waals surface area contributed by atoms with Gasteiger partial charge in [0.2, 0.25) is 0 Å². The summed E-state index contributed by atoms with van der Waals surface area (Å²) in [4.78, 5) is 15.6. The Kier molecular flexibility index (Phi) is 6.35. The van der Waals surface area contributed by atoms with E-state index in [9.17, 15) is 17.6 Å². The predicted molar refractivity (Wildman–Crippen MR) is 126 cm³/mol. The van der Waals surface area contributed by atoms with Gasteiger partial charge in [-0.3, -0.25) is 4.79 Å². The number of ether oxygens (including phenoxy) is 1. The minimum absolute atomic E-state index is 0.00204. The van der Waals surface area contributed by atoms with E-state index in [0.29, 0.717) is 4.90 Å². The monoisotopic (exact) mass is 494 g/mol. The molecule has 6 nitrogen and oxygen atoms in total. The van der Waals surface area contributed by atoms with E-state index in [-0.39, 0.29) is 34.8 Å². The molecule has 1 amide bonds. The van der Waals surface area contributed by atoms with Gasteiger partial charge >= 0.3 is 0 Å². The van der Waals surface area contributed by atoms with Crippen molar-refractivity contribution in [2.75, 3.05) is 11.2 Å². The van der Waals surface area contributed by atoms with Crippen LogP contribution in [0.1, 0.15) is 39.5 Å². The number of benzene rings is 2. The van der Waals surface area contributed by atoms with E-state index in [1.165, 1.54) is 24.5 Å². The number of sulfone groups is 1. The summed E-state index contributed by atoms with van der Waals surface area (Å²) in [6, 6.07) is 11.7. The summed E-state index contributed by atoms with van der Waals surface area (Å²) in [5.74, 6) is -0.614. The van der Waals surface area contributed by atoms with Crippen molar-refractivity contribution in [1.82, 2.24) is 5.32 Å². The Hall–Kier alpha value is -2.32. The number of halogens is 2. The number of anilines is 1. The van der Waals surface area contributed by atoms with E-state index in [1.807, 2.05) is 12.1 Å². The Labute approximate surface area is 199 Å². The molecule has 2 atom stereocenters. The lowest BCUT2D eigenvalue weighted by atomic mass is 9.95. The number of carbonyl (C=O) groups is 1. The van der Waals surface area contributed by atoms with E-state index in [0.717, 1.165) is 31.4 Å². The molecule has 2 aliphatic heterocycles. The summed E-state index contributed by atoms with van der Waals surface area (Å²) >= 11 is 5.72. The van der Waals surface area contributed by atoms with Crippen molar-refractivity contribution in [1.29, 1.82) is 0 Å². The lowest BCUT2D eigenvalue weighted by Crippen LogP contribution is -2.55. The summed E-state index contributed by atoms with van der Waals surface area (Å²) in [6.45, 7) is 3.31. The van der Waals surface area contributed by atoms with E-state index < -0.39 is 21.3 Å². The Morgan fingerprint density at radius 2 is 1.73 bits per heavy atom. The van der Waals surface area contributed by atoms with E-state index in [2.05, 4.69) is 10.2 Å². The van der Waals surface area contributed by atoms with Gasteiger partial charge < -0.3 is 15.0 Å². The van der Waals surface area contributed by atoms with Gasteiger partial charge in [-0.1, -0.05) is 11.6 Å². The first-order chi connectivity index (χ1) is 15.4. The highest BCUT2D eigenvalue weighted by molar-refractivity contribution is 7.90. The van der Waals surface area contributed by atoms with Crippen LogP contribution in [0.3, 0.4) is 0 Å². The van der Waals surface area contributed by atoms with Crippen molar-refractivity contribution >= 4 is 33.0 Å². The van der Waals surface area contributed by atoms with Crippen molar-refractivity contribution < 1.29 is 22.3 Å². The third-order valence-corrected chi connectivity index (χ3v) is 7.88. The first-order valence-electron chi connectivity index (χ1n) is 11.0. The van der Waals surface area contributed by atoms with Crippen LogP contribution < -0.4 is 15.0 Å². The van der Waals surface area contributed by atoms with Gasteiger partial charge in [0.05, 0.1) is 9.92 Å². The van der Waals surface area contributed by atoms with Crippen molar-refractivity contribution in [3.63, 3.8) is 0 Å². The van der Waals surface area contributed by atoms with E-state index >= 15 is 0 Å². The molecule has 178 valence electrons. The molecule has 9 heteroatoms. The molecule has 4 rings (SSSR count). The molecular weight excluding hydrogens is 467 g/mol. The molecule has 0 aliphatic carbocycles. The molecular formula is C24H28ClFN2O4S. The Bertz CT molecular complexity index is 1140. The molecule has 2 heterocycles. The summed E-state index contributed by atoms with van der Waals surface area (Å²) in [6.07, 6.45) is 4.83. The van der Waals surface area contributed by atoms with Crippen LogP contribution >= 0.6 is 11.6 Å². The molecule has 0 saturated carbocycles. The molecule has 0 spiro atoms. The minimum atomic E-state index is -3.23. The quantitative estimate of drug-likeness (QED) is 0.646. The maximum Gasteiger partial charge on any atom is 0.263 e. The molecule has 2 bridgehead atoms. The Morgan fingerprint density at radius 3 is 2.27 bits per heavy atom. The number of nitrogens with zero attached hydrogens (tertiary/aromatic N) is 1. The maximum absolute atomic E-state index is 13.7. The molecule has 2 fully saturated rings. The van der Waals surface area contributed by atoms with Crippen molar-refractivity contribution in [3.05, 3.63) is 53.3 Å². The first-order valence-corrected chi connectivity index (χ1v) is 13.2. The molecule has 2 aromatic rings. The molecule has 1 N–H and O–H groups in total. The highest BCUT2D eigenvalue weighted by atomic mass is 35.5. The molecule has 0 radical (unpaired) electrons. The smallest absolute Gasteiger partial charge is 0.263 e. The number of nitrogens with one attached hydrogen (secondary N) is 1. The molecule has 0 aromatic heterocycles. The number of fused-ring (bicyclic) bond motifs is 2. The number of amides is 1. The second kappa shape index (κ2) is 8.80. The van der Waals surface area contributed by atoms with Gasteiger partial charge in [0, 0.05) is 36.1 Å². The fourth-order valence-corrected chi connectivity index (χ4v) is 5.57. The van der Waals surface area contributed by atoms with Gasteiger partial charge in [0.25, 0.3) is 5.91 Å². The number of rotatable bonds is 6. The standard InChI is InChI=1S/C24H28ClFN2O4S/c1-24(2,32-19-8-11-21(25)22(26)14-19)23(29)27-15-12-17-4-5-18(13-15)28(17)16-6-9-20(10-7-16)33(3,30)31/h6-11,14-15,17-18H,4-5,12-13H2,1-3H3,(H,27,29). The van der Waals surface area contributed by atoms with Crippen molar-refractivity contribution in [3.8, 4) is 5.75 Å². The third kappa shape index (κ3) is 5.11. The maximum atomic E-state index is 13.7. The highest BCUT2D eigenvalue weighted by Gasteiger charge is 2.42. The second-order valence-electron chi connectivity index (χ2n) is 9.39. The van der Waals surface area contributed by atoms with Crippen LogP contribution in [-0.4, -0.2) is 44.3 Å². The second-order valence-corrected chi connectivity index (χ2v) is 11.8. The lowest BCUT2D eigenvalue weighted by molar-refractivity contribution is -0.135. The average molecular weight is 495 g/mol. The zero-order valence-corrected chi connectivity index (χ0v) is 20.4. The van der Waals surface area contributed by atoms with Crippen LogP contribution in [0.4, 0.5) is 10.1 Å². The fourth-order valence-electron chi connectivity index (χ4n) is 4.82. The van der Waals surface area contributed by atoms with Gasteiger partial charge in [-0.25, -0.2) is 12.8 Å². The van der Waals surface area contributed by atoms with Crippen LogP contribution in [0.2, 0.25) is 5.02 Å². The summed E-state index contributed by atoms with van der Waals surface area (Å²) in [7, 11) is -3.23. The van der Waals surface area contributed by atoms with Gasteiger partial charge in [-0.2, -0.15) is 0 Å². The molecule has 33 heavy (non-hydrogen) atoms. The van der Waals surface area contributed by atoms with Gasteiger partial charge in [0.1, 0.15) is 11.6 Å². The normalized spacial score (nSPS) is 22.8. The van der Waals surface area contributed by atoms with Crippen LogP contribution in [-0.2, 0) is 14.6 Å². The summed E-state index contributed by atoms with van der Waals surface area (Å²) in [5.41, 5.74) is -0.175. The zero-order valence-electron chi connectivity index (χ0n) is 18.8. The molecule has 2 aromatic carbocycles. The van der Waals surface area contributed by atoms with E-state index in [1.54, 1.807) is 26.0 Å². The minimum Gasteiger partial charge on any atom is -0.478 e. The third-order valence-electron chi connectivity index (χ3n) is 6.44. The number of carbonyl (C=O) groups excluding carboxylic acids is 1. The van der Waals surface area contributed by atoms with Gasteiger partial charge in [-0.15, -0.1) is 0 Å². The Morgan fingerprint density at radius 1 is 1.12 bits per heavy atom. The lowest BCUT2D eigenvalue weighted by Gasteiger charge is -2.41. The van der Waals surface area contributed by atoms with Crippen molar-refractivity contribution in [2.24, 2.45) is 0 Å². The number of piperidine rings is 1. The topological polar surface area (TPSA) is 75.7 Å². The number of hydrogen-bond acceptors (Lipinski definition) is 5. The van der Waals surface area contributed by atoms with E-state index in [4.69, 9.17) is 16.3 Å². The van der Waals surface area contributed by atoms with Crippen LogP contribution in [0.5, 0.6) is 5.75 Å². The van der Waals surface area contributed by atoms with Gasteiger partial charge in [0.15, 0.2) is 15.4 Å². The molecule has 2 saturated heterocycles. The number of hydrogen-bond donors (Lipinski definition) is 1. The fraction of sp³-hybridized carbons (Fsp3) is 0.458. The van der Waals surface area contributed by atoms with Crippen molar-refractivity contribution in [2.45, 2.75) is 68.2 Å².